The van der Waals surface area contributed by atoms with Crippen LogP contribution < -0.4 is 0 Å². The molecule has 0 aromatic carbocycles. The third kappa shape index (κ3) is 4.19. The molecule has 0 radical (unpaired) electrons. The molecule has 8 heavy (non-hydrogen) atoms. The van der Waals surface area contributed by atoms with Crippen molar-refractivity contribution in [1.29, 1.82) is 0 Å². The first-order valence-corrected chi connectivity index (χ1v) is 3.86. The van der Waals surface area contributed by atoms with E-state index >= 15 is 0 Å². The van der Waals surface area contributed by atoms with Crippen LogP contribution in [0.15, 0.2) is 0 Å². The number of aliphatic hydroxyl groups excluding tert-OH is 1. The molecule has 3 nitrogen and oxygen atoms in total. The van der Waals surface area contributed by atoms with Crippen molar-refractivity contribution >= 4 is 8.03 Å². The molecular weight excluding hydrogens is 127 g/mol. The summed E-state index contributed by atoms with van der Waals surface area (Å²) in [6.07, 6.45) is 0.523. The Balaban J connectivity index is 2.99. The quantitative estimate of drug-likeness (QED) is 0.582. The molecule has 0 fully saturated rings. The van der Waals surface area contributed by atoms with Crippen LogP contribution in [0.25, 0.3) is 0 Å². The van der Waals surface area contributed by atoms with Crippen molar-refractivity contribution in [2.24, 2.45) is 0 Å². The van der Waals surface area contributed by atoms with Crippen LogP contribution in [0, 0.1) is 0 Å². The predicted molar refractivity (Wildman–Crippen MR) is 31.2 cm³/mol. The fourth-order valence-electron chi connectivity index (χ4n) is 0.234. The molecule has 1 atom stereocenters. The van der Waals surface area contributed by atoms with Gasteiger partial charge in [-0.1, -0.05) is 0 Å². The number of hydrogen-bond donors (Lipinski definition) is 1. The maximum Gasteiger partial charge on any atom is 0.507 e. The van der Waals surface area contributed by atoms with Crippen molar-refractivity contribution in [1.82, 2.24) is 0 Å². The molecule has 0 aliphatic rings. The van der Waals surface area contributed by atoms with E-state index in [1.807, 2.05) is 0 Å². The van der Waals surface area contributed by atoms with E-state index in [0.717, 1.165) is 0 Å². The Morgan fingerprint density at radius 1 is 1.75 bits per heavy atom. The van der Waals surface area contributed by atoms with Crippen LogP contribution in [0.3, 0.4) is 0 Å². The zero-order chi connectivity index (χ0) is 6.41. The smallest absolute Gasteiger partial charge is 0.394 e. The highest BCUT2D eigenvalue weighted by Gasteiger charge is 2.10. The summed E-state index contributed by atoms with van der Waals surface area (Å²) in [4.78, 5) is 0. The van der Waals surface area contributed by atoms with Gasteiger partial charge < -0.3 is 5.11 Å². The molecule has 0 aliphatic carbocycles. The van der Waals surface area contributed by atoms with E-state index in [1.54, 1.807) is 6.92 Å². The van der Waals surface area contributed by atoms with Gasteiger partial charge in [-0.05, 0) is 11.5 Å². The molecular formula is C4H10O3P+. The molecule has 0 rings (SSSR count). The lowest BCUT2D eigenvalue weighted by Crippen LogP contribution is -1.91. The molecule has 1 unspecified atom stereocenters. The SMILES string of the molecule is CC[P+](=O)OCCO. The van der Waals surface area contributed by atoms with Gasteiger partial charge >= 0.3 is 8.03 Å². The predicted octanol–water partition coefficient (Wildman–Crippen LogP) is 0.758. The normalized spacial score (nSPS) is 11.5. The van der Waals surface area contributed by atoms with E-state index in [-0.39, 0.29) is 13.2 Å². The maximum atomic E-state index is 10.4. The second-order valence-corrected chi connectivity index (χ2v) is 2.76. The Labute approximate surface area is 49.5 Å². The number of aliphatic hydroxyl groups is 1. The van der Waals surface area contributed by atoms with Crippen LogP contribution in [0.4, 0.5) is 0 Å². The lowest BCUT2D eigenvalue weighted by Gasteiger charge is -1.81. The van der Waals surface area contributed by atoms with Crippen molar-refractivity contribution in [3.8, 4) is 0 Å². The van der Waals surface area contributed by atoms with Crippen molar-refractivity contribution in [2.45, 2.75) is 6.92 Å². The summed E-state index contributed by atoms with van der Waals surface area (Å²) in [6.45, 7) is 1.90. The average molecular weight is 137 g/mol. The van der Waals surface area contributed by atoms with Crippen LogP contribution in [-0.2, 0) is 9.09 Å². The molecule has 0 saturated heterocycles. The molecule has 4 heteroatoms. The van der Waals surface area contributed by atoms with Crippen LogP contribution in [0.5, 0.6) is 0 Å². The zero-order valence-corrected chi connectivity index (χ0v) is 5.73. The highest BCUT2D eigenvalue weighted by Crippen LogP contribution is 2.19. The Kier molecular flexibility index (Phi) is 5.18. The van der Waals surface area contributed by atoms with Gasteiger partial charge in [0.15, 0.2) is 6.16 Å². The Morgan fingerprint density at radius 2 is 2.38 bits per heavy atom. The van der Waals surface area contributed by atoms with Gasteiger partial charge in [0.1, 0.15) is 6.61 Å². The van der Waals surface area contributed by atoms with Gasteiger partial charge in [-0.3, -0.25) is 0 Å². The summed E-state index contributed by atoms with van der Waals surface area (Å²) >= 11 is 0. The third-order valence-corrected chi connectivity index (χ3v) is 1.57. The standard InChI is InChI=1S/C4H10O3P/c1-2-8(6)7-4-3-5/h5H,2-4H2,1H3/q+1. The molecule has 0 bridgehead atoms. The molecule has 0 saturated carbocycles. The summed E-state index contributed by atoms with van der Waals surface area (Å²) in [5.74, 6) is 0. The Bertz CT molecular complexity index is 73.7. The number of hydrogen-bond acceptors (Lipinski definition) is 3. The van der Waals surface area contributed by atoms with Gasteiger partial charge in [-0.15, -0.1) is 4.52 Å². The van der Waals surface area contributed by atoms with Crippen LogP contribution in [-0.4, -0.2) is 24.5 Å². The van der Waals surface area contributed by atoms with Gasteiger partial charge in [0.25, 0.3) is 0 Å². The first-order valence-electron chi connectivity index (χ1n) is 2.49. The van der Waals surface area contributed by atoms with E-state index < -0.39 is 8.03 Å². The lowest BCUT2D eigenvalue weighted by atomic mass is 10.8. The molecule has 48 valence electrons. The molecule has 0 amide bonds. The fraction of sp³-hybridized carbons (Fsp3) is 1.00. The highest BCUT2D eigenvalue weighted by molar-refractivity contribution is 7.39. The zero-order valence-electron chi connectivity index (χ0n) is 4.83. The first kappa shape index (κ1) is 8.02. The van der Waals surface area contributed by atoms with E-state index in [0.29, 0.717) is 6.16 Å². The number of rotatable bonds is 4. The molecule has 0 aromatic rings. The van der Waals surface area contributed by atoms with Crippen LogP contribution in [0.2, 0.25) is 0 Å². The molecule has 0 spiro atoms. The van der Waals surface area contributed by atoms with Gasteiger partial charge in [0.2, 0.25) is 0 Å². The van der Waals surface area contributed by atoms with Crippen LogP contribution >= 0.6 is 8.03 Å². The molecule has 0 aromatic heterocycles. The lowest BCUT2D eigenvalue weighted by molar-refractivity contribution is 0.208. The van der Waals surface area contributed by atoms with Crippen molar-refractivity contribution in [3.05, 3.63) is 0 Å². The second kappa shape index (κ2) is 5.16. The minimum atomic E-state index is -1.49. The van der Waals surface area contributed by atoms with Gasteiger partial charge in [-0.2, -0.15) is 0 Å². The van der Waals surface area contributed by atoms with Crippen molar-refractivity contribution in [3.63, 3.8) is 0 Å². The Hall–Kier alpha value is 0.0200. The van der Waals surface area contributed by atoms with E-state index in [4.69, 9.17) is 5.11 Å². The van der Waals surface area contributed by atoms with E-state index in [2.05, 4.69) is 4.52 Å². The summed E-state index contributed by atoms with van der Waals surface area (Å²) in [5.41, 5.74) is 0. The molecule has 0 aliphatic heterocycles. The van der Waals surface area contributed by atoms with E-state index in [1.165, 1.54) is 0 Å². The minimum absolute atomic E-state index is 0.0545. The van der Waals surface area contributed by atoms with Gasteiger partial charge in [0, 0.05) is 0 Å². The first-order chi connectivity index (χ1) is 3.81. The molecule has 1 N–H and O–H groups in total. The summed E-state index contributed by atoms with van der Waals surface area (Å²) < 4.78 is 15.0. The topological polar surface area (TPSA) is 46.5 Å². The average Bonchev–Trinajstić information content (AvgIpc) is 1.83. The fourth-order valence-corrected chi connectivity index (χ4v) is 0.702. The van der Waals surface area contributed by atoms with Crippen molar-refractivity contribution in [2.75, 3.05) is 19.4 Å². The largest absolute Gasteiger partial charge is 0.507 e. The summed E-state index contributed by atoms with van der Waals surface area (Å²) in [6, 6.07) is 0. The molecule has 0 heterocycles. The maximum absolute atomic E-state index is 10.4. The van der Waals surface area contributed by atoms with E-state index in [9.17, 15) is 4.57 Å². The summed E-state index contributed by atoms with van der Waals surface area (Å²) in [5, 5.41) is 8.16. The van der Waals surface area contributed by atoms with Gasteiger partial charge in [-0.25, -0.2) is 0 Å². The third-order valence-electron chi connectivity index (χ3n) is 0.585. The van der Waals surface area contributed by atoms with Crippen molar-refractivity contribution < 1.29 is 14.2 Å². The summed E-state index contributed by atoms with van der Waals surface area (Å²) in [7, 11) is -1.49. The second-order valence-electron chi connectivity index (χ2n) is 1.21. The minimum Gasteiger partial charge on any atom is -0.394 e. The Morgan fingerprint density at radius 3 is 2.75 bits per heavy atom. The highest BCUT2D eigenvalue weighted by atomic mass is 31.1. The van der Waals surface area contributed by atoms with Gasteiger partial charge in [0.05, 0.1) is 6.61 Å². The van der Waals surface area contributed by atoms with Crippen LogP contribution in [0.1, 0.15) is 6.92 Å². The monoisotopic (exact) mass is 137 g/mol.